The van der Waals surface area contributed by atoms with E-state index >= 15 is 0 Å². The van der Waals surface area contributed by atoms with Crippen LogP contribution in [0.5, 0.6) is 0 Å². The van der Waals surface area contributed by atoms with Gasteiger partial charge in [0.05, 0.1) is 0 Å². The Labute approximate surface area is 176 Å². The minimum absolute atomic E-state index is 0.105. The largest absolute Gasteiger partial charge is 0.445 e. The van der Waals surface area contributed by atoms with Crippen LogP contribution in [0.4, 0.5) is 4.79 Å². The number of benzene rings is 2. The van der Waals surface area contributed by atoms with E-state index in [9.17, 15) is 9.59 Å². The lowest BCUT2D eigenvalue weighted by Crippen LogP contribution is -2.32. The van der Waals surface area contributed by atoms with Crippen LogP contribution in [0.15, 0.2) is 73.1 Å². The Bertz CT molecular complexity index is 941. The number of alkyl carbamates (subject to hydrolysis) is 1. The average Bonchev–Trinajstić information content (AvgIpc) is 3.20. The van der Waals surface area contributed by atoms with Gasteiger partial charge in [0.1, 0.15) is 18.5 Å². The lowest BCUT2D eigenvalue weighted by Gasteiger charge is -2.19. The molecule has 0 saturated heterocycles. The second-order valence-corrected chi connectivity index (χ2v) is 6.90. The Morgan fingerprint density at radius 3 is 2.43 bits per heavy atom. The van der Waals surface area contributed by atoms with Gasteiger partial charge in [-0.3, -0.25) is 4.79 Å². The number of nitrogens with zero attached hydrogens (tertiary/aromatic N) is 2. The van der Waals surface area contributed by atoms with Crippen molar-refractivity contribution in [3.63, 3.8) is 0 Å². The lowest BCUT2D eigenvalue weighted by atomic mass is 10.1. The number of carbonyl (C=O) groups is 2. The fourth-order valence-corrected chi connectivity index (χ4v) is 3.04. The molecule has 3 rings (SSSR count). The zero-order chi connectivity index (χ0) is 21.2. The normalized spacial score (nSPS) is 11.5. The number of rotatable bonds is 9. The SMILES string of the molecule is Cn1ccnc1C(NC(=O)CCCNC(=O)OCc1ccccc1)c1ccccc1. The maximum absolute atomic E-state index is 12.5. The van der Waals surface area contributed by atoms with E-state index in [4.69, 9.17) is 4.74 Å². The molecule has 156 valence electrons. The zero-order valence-electron chi connectivity index (χ0n) is 17.0. The zero-order valence-corrected chi connectivity index (χ0v) is 17.0. The predicted octanol–water partition coefficient (Wildman–Crippen LogP) is 3.33. The van der Waals surface area contributed by atoms with Crippen molar-refractivity contribution in [2.24, 2.45) is 7.05 Å². The molecule has 0 spiro atoms. The maximum Gasteiger partial charge on any atom is 0.407 e. The van der Waals surface area contributed by atoms with Gasteiger partial charge in [-0.05, 0) is 17.5 Å². The first-order valence-corrected chi connectivity index (χ1v) is 9.89. The summed E-state index contributed by atoms with van der Waals surface area (Å²) < 4.78 is 7.05. The van der Waals surface area contributed by atoms with E-state index in [-0.39, 0.29) is 25.0 Å². The first-order chi connectivity index (χ1) is 14.6. The van der Waals surface area contributed by atoms with Crippen LogP contribution in [0.1, 0.15) is 35.8 Å². The van der Waals surface area contributed by atoms with Gasteiger partial charge in [-0.2, -0.15) is 0 Å². The highest BCUT2D eigenvalue weighted by atomic mass is 16.5. The minimum Gasteiger partial charge on any atom is -0.445 e. The van der Waals surface area contributed by atoms with Crippen molar-refractivity contribution in [2.75, 3.05) is 6.54 Å². The van der Waals surface area contributed by atoms with Crippen LogP contribution in [0.25, 0.3) is 0 Å². The van der Waals surface area contributed by atoms with Crippen molar-refractivity contribution >= 4 is 12.0 Å². The molecule has 2 N–H and O–H groups in total. The highest BCUT2D eigenvalue weighted by molar-refractivity contribution is 5.77. The third-order valence-corrected chi connectivity index (χ3v) is 4.62. The van der Waals surface area contributed by atoms with E-state index in [1.165, 1.54) is 0 Å². The van der Waals surface area contributed by atoms with Crippen molar-refractivity contribution in [1.82, 2.24) is 20.2 Å². The summed E-state index contributed by atoms with van der Waals surface area (Å²) >= 11 is 0. The Kier molecular flexibility index (Phi) is 7.60. The minimum atomic E-state index is -0.491. The van der Waals surface area contributed by atoms with E-state index in [1.807, 2.05) is 78.5 Å². The van der Waals surface area contributed by atoms with Crippen molar-refractivity contribution in [3.8, 4) is 0 Å². The molecule has 0 fully saturated rings. The summed E-state index contributed by atoms with van der Waals surface area (Å²) in [5.74, 6) is 0.656. The monoisotopic (exact) mass is 406 g/mol. The summed E-state index contributed by atoms with van der Waals surface area (Å²) in [6.07, 6.45) is 3.86. The summed E-state index contributed by atoms with van der Waals surface area (Å²) in [6.45, 7) is 0.578. The number of amides is 2. The molecule has 0 saturated carbocycles. The summed E-state index contributed by atoms with van der Waals surface area (Å²) in [4.78, 5) is 28.7. The molecule has 7 nitrogen and oxygen atoms in total. The molecule has 0 aliphatic carbocycles. The molecule has 1 atom stereocenters. The lowest BCUT2D eigenvalue weighted by molar-refractivity contribution is -0.121. The van der Waals surface area contributed by atoms with Crippen molar-refractivity contribution in [3.05, 3.63) is 90.0 Å². The second kappa shape index (κ2) is 10.8. The number of aryl methyl sites for hydroxylation is 1. The topological polar surface area (TPSA) is 85.3 Å². The first-order valence-electron chi connectivity index (χ1n) is 9.89. The molecular formula is C23H26N4O3. The smallest absolute Gasteiger partial charge is 0.407 e. The molecular weight excluding hydrogens is 380 g/mol. The molecule has 1 aromatic heterocycles. The van der Waals surface area contributed by atoms with Crippen molar-refractivity contribution in [1.29, 1.82) is 0 Å². The van der Waals surface area contributed by atoms with Crippen LogP contribution in [0.2, 0.25) is 0 Å². The van der Waals surface area contributed by atoms with Gasteiger partial charge in [0.15, 0.2) is 0 Å². The quantitative estimate of drug-likeness (QED) is 0.534. The van der Waals surface area contributed by atoms with Crippen LogP contribution >= 0.6 is 0 Å². The fourth-order valence-electron chi connectivity index (χ4n) is 3.04. The van der Waals surface area contributed by atoms with Crippen LogP contribution in [-0.2, 0) is 23.2 Å². The number of hydrogen-bond acceptors (Lipinski definition) is 4. The number of imidazole rings is 1. The van der Waals surface area contributed by atoms with Gasteiger partial charge >= 0.3 is 6.09 Å². The third-order valence-electron chi connectivity index (χ3n) is 4.62. The number of aromatic nitrogens is 2. The molecule has 7 heteroatoms. The molecule has 0 aliphatic heterocycles. The Balaban J connectivity index is 1.43. The molecule has 2 amide bonds. The molecule has 2 aromatic carbocycles. The van der Waals surface area contributed by atoms with Crippen LogP contribution in [0, 0.1) is 0 Å². The van der Waals surface area contributed by atoms with Crippen molar-refractivity contribution in [2.45, 2.75) is 25.5 Å². The average molecular weight is 406 g/mol. The molecule has 0 bridgehead atoms. The third kappa shape index (κ3) is 6.20. The molecule has 30 heavy (non-hydrogen) atoms. The van der Waals surface area contributed by atoms with Crippen LogP contribution in [-0.4, -0.2) is 28.1 Å². The molecule has 1 heterocycles. The van der Waals surface area contributed by atoms with E-state index in [1.54, 1.807) is 6.20 Å². The van der Waals surface area contributed by atoms with E-state index in [2.05, 4.69) is 15.6 Å². The second-order valence-electron chi connectivity index (χ2n) is 6.90. The number of ether oxygens (including phenoxy) is 1. The van der Waals surface area contributed by atoms with Crippen molar-refractivity contribution < 1.29 is 14.3 Å². The Morgan fingerprint density at radius 1 is 1.07 bits per heavy atom. The first kappa shape index (κ1) is 21.1. The van der Waals surface area contributed by atoms with Gasteiger partial charge in [0, 0.05) is 32.4 Å². The summed E-state index contributed by atoms with van der Waals surface area (Å²) in [7, 11) is 1.90. The standard InChI is InChI=1S/C23H26N4O3/c1-27-16-15-24-22(27)21(19-11-6-3-7-12-19)26-20(28)13-8-14-25-23(29)30-17-18-9-4-2-5-10-18/h2-7,9-12,15-16,21H,8,13-14,17H2,1H3,(H,25,29)(H,26,28). The highest BCUT2D eigenvalue weighted by Gasteiger charge is 2.20. The van der Waals surface area contributed by atoms with Gasteiger partial charge in [0.2, 0.25) is 5.91 Å². The van der Waals surface area contributed by atoms with Gasteiger partial charge in [-0.1, -0.05) is 60.7 Å². The summed E-state index contributed by atoms with van der Waals surface area (Å²) in [6, 6.07) is 18.9. The van der Waals surface area contributed by atoms with Crippen LogP contribution < -0.4 is 10.6 Å². The van der Waals surface area contributed by atoms with Gasteiger partial charge in [0.25, 0.3) is 0 Å². The number of nitrogens with one attached hydrogen (secondary N) is 2. The van der Waals surface area contributed by atoms with E-state index in [0.29, 0.717) is 13.0 Å². The molecule has 0 radical (unpaired) electrons. The number of carbonyl (C=O) groups excluding carboxylic acids is 2. The van der Waals surface area contributed by atoms with Gasteiger partial charge in [-0.25, -0.2) is 9.78 Å². The maximum atomic E-state index is 12.5. The molecule has 3 aromatic rings. The summed E-state index contributed by atoms with van der Waals surface area (Å²) in [5.41, 5.74) is 1.89. The predicted molar refractivity (Wildman–Crippen MR) is 113 cm³/mol. The summed E-state index contributed by atoms with van der Waals surface area (Å²) in [5, 5.41) is 5.72. The Hall–Kier alpha value is -3.61. The highest BCUT2D eigenvalue weighted by Crippen LogP contribution is 2.20. The van der Waals surface area contributed by atoms with E-state index in [0.717, 1.165) is 17.0 Å². The molecule has 1 unspecified atom stereocenters. The van der Waals surface area contributed by atoms with Gasteiger partial charge < -0.3 is 19.9 Å². The number of hydrogen-bond donors (Lipinski definition) is 2. The van der Waals surface area contributed by atoms with Crippen LogP contribution in [0.3, 0.4) is 0 Å². The van der Waals surface area contributed by atoms with Gasteiger partial charge in [-0.15, -0.1) is 0 Å². The van der Waals surface area contributed by atoms with E-state index < -0.39 is 6.09 Å². The fraction of sp³-hybridized carbons (Fsp3) is 0.261. The Morgan fingerprint density at radius 2 is 1.77 bits per heavy atom. The molecule has 0 aliphatic rings.